The summed E-state index contributed by atoms with van der Waals surface area (Å²) in [6.45, 7) is 1.63. The fraction of sp³-hybridized carbons (Fsp3) is 0.800. The van der Waals surface area contributed by atoms with E-state index < -0.39 is 12.0 Å². The highest BCUT2D eigenvalue weighted by Gasteiger charge is 2.37. The largest absolute Gasteiger partial charge is 0.480 e. The molecule has 0 radical (unpaired) electrons. The maximum Gasteiger partial charge on any atom is 0.326 e. The minimum Gasteiger partial charge on any atom is -0.480 e. The predicted octanol–water partition coefficient (Wildman–Crippen LogP) is 0.0985. The van der Waals surface area contributed by atoms with Gasteiger partial charge >= 0.3 is 5.97 Å². The van der Waals surface area contributed by atoms with Crippen molar-refractivity contribution in [1.29, 1.82) is 0 Å². The number of carbonyl (C=O) groups excluding carboxylic acids is 1. The number of hydrogen-bond donors (Lipinski definition) is 1. The van der Waals surface area contributed by atoms with Crippen molar-refractivity contribution in [1.82, 2.24) is 4.90 Å². The van der Waals surface area contributed by atoms with Crippen molar-refractivity contribution < 1.29 is 19.4 Å². The van der Waals surface area contributed by atoms with E-state index >= 15 is 0 Å². The minimum absolute atomic E-state index is 0.0441. The number of likely N-dealkylation sites (tertiary alicyclic amines) is 1. The molecule has 84 valence electrons. The van der Waals surface area contributed by atoms with Gasteiger partial charge in [0.05, 0.1) is 12.5 Å². The van der Waals surface area contributed by atoms with Crippen LogP contribution < -0.4 is 0 Å². The Morgan fingerprint density at radius 1 is 1.33 bits per heavy atom. The van der Waals surface area contributed by atoms with Crippen LogP contribution in [0.2, 0.25) is 0 Å². The van der Waals surface area contributed by atoms with E-state index in [9.17, 15) is 9.59 Å². The van der Waals surface area contributed by atoms with Crippen LogP contribution in [0.25, 0.3) is 0 Å². The number of amides is 1. The molecule has 0 spiro atoms. The average Bonchev–Trinajstić information content (AvgIpc) is 2.88. The molecule has 0 aliphatic carbocycles. The smallest absolute Gasteiger partial charge is 0.326 e. The summed E-state index contributed by atoms with van der Waals surface area (Å²) < 4.78 is 5.14. The van der Waals surface area contributed by atoms with Gasteiger partial charge in [-0.1, -0.05) is 0 Å². The number of aliphatic carboxylic acids is 1. The van der Waals surface area contributed by atoms with Crippen LogP contribution in [0.4, 0.5) is 0 Å². The third kappa shape index (κ3) is 1.97. The van der Waals surface area contributed by atoms with Crippen molar-refractivity contribution in [3.63, 3.8) is 0 Å². The molecule has 2 atom stereocenters. The molecular weight excluding hydrogens is 198 g/mol. The lowest BCUT2D eigenvalue weighted by atomic mass is 10.1. The highest BCUT2D eigenvalue weighted by Crippen LogP contribution is 2.23. The van der Waals surface area contributed by atoms with Crippen LogP contribution >= 0.6 is 0 Å². The second-order valence-electron chi connectivity index (χ2n) is 4.09. The first kappa shape index (κ1) is 10.4. The number of carboxylic acid groups (broad SMARTS) is 1. The Hall–Kier alpha value is -1.10. The molecule has 0 aromatic carbocycles. The SMILES string of the molecule is O=C(O)[C@H]1CCCN1C(=O)C1CCOC1. The maximum atomic E-state index is 11.9. The molecule has 2 heterocycles. The van der Waals surface area contributed by atoms with Crippen LogP contribution in [-0.4, -0.2) is 47.7 Å². The fourth-order valence-electron chi connectivity index (χ4n) is 2.25. The highest BCUT2D eigenvalue weighted by molar-refractivity contribution is 5.85. The summed E-state index contributed by atoms with van der Waals surface area (Å²) in [6.07, 6.45) is 2.09. The zero-order valence-corrected chi connectivity index (χ0v) is 8.52. The van der Waals surface area contributed by atoms with E-state index in [4.69, 9.17) is 9.84 Å². The van der Waals surface area contributed by atoms with E-state index in [1.807, 2.05) is 0 Å². The van der Waals surface area contributed by atoms with Gasteiger partial charge in [-0.05, 0) is 19.3 Å². The van der Waals surface area contributed by atoms with E-state index in [1.165, 1.54) is 4.90 Å². The Morgan fingerprint density at radius 2 is 2.13 bits per heavy atom. The van der Waals surface area contributed by atoms with Gasteiger partial charge in [0.25, 0.3) is 0 Å². The number of hydrogen-bond acceptors (Lipinski definition) is 3. The van der Waals surface area contributed by atoms with Crippen LogP contribution in [0.15, 0.2) is 0 Å². The molecular formula is C10H15NO4. The summed E-state index contributed by atoms with van der Waals surface area (Å²) in [6, 6.07) is -0.613. The van der Waals surface area contributed by atoms with Crippen LogP contribution in [0, 0.1) is 5.92 Å². The predicted molar refractivity (Wildman–Crippen MR) is 51.3 cm³/mol. The molecule has 2 fully saturated rings. The Morgan fingerprint density at radius 3 is 2.73 bits per heavy atom. The zero-order valence-electron chi connectivity index (χ0n) is 8.52. The first-order valence-electron chi connectivity index (χ1n) is 5.31. The van der Waals surface area contributed by atoms with Crippen molar-refractivity contribution >= 4 is 11.9 Å². The quantitative estimate of drug-likeness (QED) is 0.706. The summed E-state index contributed by atoms with van der Waals surface area (Å²) >= 11 is 0. The molecule has 1 amide bonds. The molecule has 0 aromatic heterocycles. The molecule has 0 saturated carbocycles. The summed E-state index contributed by atoms with van der Waals surface area (Å²) in [5, 5.41) is 8.95. The van der Waals surface area contributed by atoms with Gasteiger partial charge in [0.2, 0.25) is 5.91 Å². The Labute approximate surface area is 88.0 Å². The van der Waals surface area contributed by atoms with E-state index in [-0.39, 0.29) is 11.8 Å². The van der Waals surface area contributed by atoms with Crippen LogP contribution in [-0.2, 0) is 14.3 Å². The lowest BCUT2D eigenvalue weighted by Crippen LogP contribution is -2.43. The molecule has 2 aliphatic rings. The van der Waals surface area contributed by atoms with Gasteiger partial charge in [0.15, 0.2) is 0 Å². The van der Waals surface area contributed by atoms with Gasteiger partial charge in [0, 0.05) is 13.2 Å². The number of ether oxygens (including phenoxy) is 1. The second-order valence-corrected chi connectivity index (χ2v) is 4.09. The van der Waals surface area contributed by atoms with Gasteiger partial charge < -0.3 is 14.7 Å². The molecule has 2 rings (SSSR count). The molecule has 1 unspecified atom stereocenters. The molecule has 5 heteroatoms. The maximum absolute atomic E-state index is 11.9. The molecule has 5 nitrogen and oxygen atoms in total. The number of rotatable bonds is 2. The highest BCUT2D eigenvalue weighted by atomic mass is 16.5. The van der Waals surface area contributed by atoms with E-state index in [0.717, 1.165) is 12.8 Å². The minimum atomic E-state index is -0.889. The molecule has 1 N–H and O–H groups in total. The third-order valence-corrected chi connectivity index (χ3v) is 3.10. The Bertz CT molecular complexity index is 273. The van der Waals surface area contributed by atoms with Crippen molar-refractivity contribution in [3.8, 4) is 0 Å². The van der Waals surface area contributed by atoms with Crippen molar-refractivity contribution in [3.05, 3.63) is 0 Å². The van der Waals surface area contributed by atoms with Gasteiger partial charge in [-0.25, -0.2) is 4.79 Å². The van der Waals surface area contributed by atoms with Gasteiger partial charge in [-0.15, -0.1) is 0 Å². The topological polar surface area (TPSA) is 66.8 Å². The third-order valence-electron chi connectivity index (χ3n) is 3.10. The normalized spacial score (nSPS) is 30.8. The number of nitrogens with zero attached hydrogens (tertiary/aromatic N) is 1. The molecule has 0 aromatic rings. The van der Waals surface area contributed by atoms with Gasteiger partial charge in [-0.2, -0.15) is 0 Å². The standard InChI is InChI=1S/C10H15NO4/c12-9(7-3-5-15-6-7)11-4-1-2-8(11)10(13)14/h7-8H,1-6H2,(H,13,14)/t7?,8-/m1/s1. The zero-order chi connectivity index (χ0) is 10.8. The van der Waals surface area contributed by atoms with Crippen molar-refractivity contribution in [2.24, 2.45) is 5.92 Å². The molecule has 0 bridgehead atoms. The van der Waals surface area contributed by atoms with E-state index in [0.29, 0.717) is 26.2 Å². The summed E-state index contributed by atoms with van der Waals surface area (Å²) in [5.74, 6) is -1.05. The summed E-state index contributed by atoms with van der Waals surface area (Å²) in [4.78, 5) is 24.4. The summed E-state index contributed by atoms with van der Waals surface area (Å²) in [7, 11) is 0. The van der Waals surface area contributed by atoms with Crippen LogP contribution in [0.1, 0.15) is 19.3 Å². The lowest BCUT2D eigenvalue weighted by Gasteiger charge is -2.23. The second kappa shape index (κ2) is 4.18. The van der Waals surface area contributed by atoms with Crippen molar-refractivity contribution in [2.75, 3.05) is 19.8 Å². The number of carbonyl (C=O) groups is 2. The van der Waals surface area contributed by atoms with E-state index in [2.05, 4.69) is 0 Å². The molecule has 15 heavy (non-hydrogen) atoms. The Balaban J connectivity index is 2.02. The first-order chi connectivity index (χ1) is 7.20. The van der Waals surface area contributed by atoms with Crippen molar-refractivity contribution in [2.45, 2.75) is 25.3 Å². The fourth-order valence-corrected chi connectivity index (χ4v) is 2.25. The first-order valence-corrected chi connectivity index (χ1v) is 5.31. The molecule has 2 saturated heterocycles. The molecule has 2 aliphatic heterocycles. The number of carboxylic acids is 1. The van der Waals surface area contributed by atoms with Gasteiger partial charge in [-0.3, -0.25) is 4.79 Å². The summed E-state index contributed by atoms with van der Waals surface area (Å²) in [5.41, 5.74) is 0. The monoisotopic (exact) mass is 213 g/mol. The lowest BCUT2D eigenvalue weighted by molar-refractivity contribution is -0.149. The average molecular weight is 213 g/mol. The Kier molecular flexibility index (Phi) is 2.90. The van der Waals surface area contributed by atoms with Crippen LogP contribution in [0.3, 0.4) is 0 Å². The van der Waals surface area contributed by atoms with Crippen LogP contribution in [0.5, 0.6) is 0 Å². The van der Waals surface area contributed by atoms with Gasteiger partial charge in [0.1, 0.15) is 6.04 Å². The van der Waals surface area contributed by atoms with E-state index in [1.54, 1.807) is 0 Å².